The molecule has 0 aliphatic carbocycles. The first-order valence-corrected chi connectivity index (χ1v) is 11.8. The van der Waals surface area contributed by atoms with Crippen molar-refractivity contribution in [3.8, 4) is 0 Å². The number of nitrogens with zero attached hydrogens (tertiary/aromatic N) is 6. The molecule has 5 rings (SSSR count). The molecule has 0 saturated carbocycles. The lowest BCUT2D eigenvalue weighted by atomic mass is 9.95. The molecule has 33 heavy (non-hydrogen) atoms. The van der Waals surface area contributed by atoms with Crippen molar-refractivity contribution in [2.24, 2.45) is 0 Å². The molecule has 4 aromatic rings. The van der Waals surface area contributed by atoms with Crippen LogP contribution >= 0.6 is 11.6 Å². The predicted octanol–water partition coefficient (Wildman–Crippen LogP) is 4.47. The van der Waals surface area contributed by atoms with Crippen LogP contribution in [0.3, 0.4) is 0 Å². The van der Waals surface area contributed by atoms with Crippen LogP contribution in [0, 0.1) is 6.92 Å². The van der Waals surface area contributed by atoms with Crippen LogP contribution in [0.2, 0.25) is 5.02 Å². The molecular weight excluding hydrogens is 436 g/mol. The maximum atomic E-state index is 13.4. The van der Waals surface area contributed by atoms with E-state index < -0.39 is 0 Å². The molecule has 1 fully saturated rings. The second kappa shape index (κ2) is 8.98. The number of hydrogen-bond donors (Lipinski definition) is 0. The van der Waals surface area contributed by atoms with Gasteiger partial charge in [0.05, 0.1) is 11.4 Å². The highest BCUT2D eigenvalue weighted by molar-refractivity contribution is 6.31. The van der Waals surface area contributed by atoms with Crippen molar-refractivity contribution in [2.45, 2.75) is 32.6 Å². The van der Waals surface area contributed by atoms with Crippen molar-refractivity contribution in [1.29, 1.82) is 0 Å². The molecule has 0 radical (unpaired) electrons. The molecule has 0 bridgehead atoms. The standard InChI is InChI=1S/C25H27ClN6O/c1-3-20(18-8-5-4-6-9-18)24(33)30-12-7-13-31(15-14-30)25-27-22-16-19(26)10-11-21(22)23-29-28-17(2)32(23)25/h4-6,8-11,16,20H,3,7,12-15H2,1-2H3/t20-/m1/s1. The Labute approximate surface area is 198 Å². The first-order valence-electron chi connectivity index (χ1n) is 11.5. The van der Waals surface area contributed by atoms with E-state index in [2.05, 4.69) is 22.0 Å². The summed E-state index contributed by atoms with van der Waals surface area (Å²) in [4.78, 5) is 22.6. The number of anilines is 1. The average Bonchev–Trinajstić information content (AvgIpc) is 3.05. The third-order valence-corrected chi connectivity index (χ3v) is 6.68. The molecule has 170 valence electrons. The van der Waals surface area contributed by atoms with E-state index in [-0.39, 0.29) is 11.8 Å². The Kier molecular flexibility index (Phi) is 5.89. The molecule has 1 aliphatic heterocycles. The minimum Gasteiger partial charge on any atom is -0.340 e. The summed E-state index contributed by atoms with van der Waals surface area (Å²) in [6.45, 7) is 6.91. The van der Waals surface area contributed by atoms with Crippen molar-refractivity contribution in [1.82, 2.24) is 24.5 Å². The number of carbonyl (C=O) groups excluding carboxylic acids is 1. The third kappa shape index (κ3) is 4.02. The molecule has 3 heterocycles. The van der Waals surface area contributed by atoms with Crippen LogP contribution in [0.1, 0.15) is 37.1 Å². The predicted molar refractivity (Wildman–Crippen MR) is 131 cm³/mol. The lowest BCUT2D eigenvalue weighted by Crippen LogP contribution is -2.38. The average molecular weight is 463 g/mol. The van der Waals surface area contributed by atoms with Gasteiger partial charge in [0.2, 0.25) is 11.9 Å². The van der Waals surface area contributed by atoms with Gasteiger partial charge in [-0.1, -0.05) is 48.9 Å². The number of hydrogen-bond acceptors (Lipinski definition) is 5. The Morgan fingerprint density at radius 2 is 1.88 bits per heavy atom. The Bertz CT molecular complexity index is 1300. The van der Waals surface area contributed by atoms with Gasteiger partial charge in [-0.2, -0.15) is 0 Å². The van der Waals surface area contributed by atoms with Crippen LogP contribution < -0.4 is 4.90 Å². The van der Waals surface area contributed by atoms with E-state index in [1.165, 1.54) is 0 Å². The summed E-state index contributed by atoms with van der Waals surface area (Å²) in [6.07, 6.45) is 1.66. The topological polar surface area (TPSA) is 66.6 Å². The largest absolute Gasteiger partial charge is 0.340 e. The molecule has 0 spiro atoms. The number of benzene rings is 2. The number of aryl methyl sites for hydroxylation is 1. The number of rotatable bonds is 4. The number of aromatic nitrogens is 4. The van der Waals surface area contributed by atoms with Gasteiger partial charge in [-0.25, -0.2) is 9.38 Å². The van der Waals surface area contributed by atoms with Gasteiger partial charge in [-0.15, -0.1) is 10.2 Å². The summed E-state index contributed by atoms with van der Waals surface area (Å²) in [5.74, 6) is 1.68. The Hall–Kier alpha value is -3.19. The van der Waals surface area contributed by atoms with E-state index >= 15 is 0 Å². The lowest BCUT2D eigenvalue weighted by Gasteiger charge is -2.26. The molecule has 1 amide bonds. The van der Waals surface area contributed by atoms with Crippen LogP contribution in [0.15, 0.2) is 48.5 Å². The zero-order valence-corrected chi connectivity index (χ0v) is 19.7. The van der Waals surface area contributed by atoms with Gasteiger partial charge < -0.3 is 9.80 Å². The van der Waals surface area contributed by atoms with Crippen molar-refractivity contribution in [3.05, 3.63) is 64.9 Å². The van der Waals surface area contributed by atoms with Gasteiger partial charge in [0.1, 0.15) is 5.82 Å². The van der Waals surface area contributed by atoms with Crippen molar-refractivity contribution in [3.63, 3.8) is 0 Å². The van der Waals surface area contributed by atoms with Crippen molar-refractivity contribution in [2.75, 3.05) is 31.1 Å². The Morgan fingerprint density at radius 1 is 1.06 bits per heavy atom. The fraction of sp³-hybridized carbons (Fsp3) is 0.360. The molecule has 8 heteroatoms. The highest BCUT2D eigenvalue weighted by atomic mass is 35.5. The van der Waals surface area contributed by atoms with Crippen molar-refractivity contribution >= 4 is 40.0 Å². The summed E-state index contributed by atoms with van der Waals surface area (Å²) >= 11 is 6.25. The lowest BCUT2D eigenvalue weighted by molar-refractivity contribution is -0.132. The quantitative estimate of drug-likeness (QED) is 0.447. The van der Waals surface area contributed by atoms with E-state index in [9.17, 15) is 4.79 Å². The second-order valence-electron chi connectivity index (χ2n) is 8.52. The second-order valence-corrected chi connectivity index (χ2v) is 8.95. The summed E-state index contributed by atoms with van der Waals surface area (Å²) in [5, 5.41) is 10.3. The van der Waals surface area contributed by atoms with Crippen LogP contribution in [0.4, 0.5) is 5.95 Å². The van der Waals surface area contributed by atoms with Crippen molar-refractivity contribution < 1.29 is 4.79 Å². The van der Waals surface area contributed by atoms with Crippen LogP contribution in [0.5, 0.6) is 0 Å². The Balaban J connectivity index is 1.44. The summed E-state index contributed by atoms with van der Waals surface area (Å²) in [5.41, 5.74) is 2.65. The van der Waals surface area contributed by atoms with Gasteiger partial charge in [0.15, 0.2) is 5.65 Å². The first kappa shape index (κ1) is 21.6. The van der Waals surface area contributed by atoms with E-state index in [1.807, 2.05) is 64.8 Å². The number of halogens is 1. The van der Waals surface area contributed by atoms with Gasteiger partial charge in [0.25, 0.3) is 0 Å². The summed E-state index contributed by atoms with van der Waals surface area (Å²) in [6, 6.07) is 15.7. The van der Waals surface area contributed by atoms with Gasteiger partial charge >= 0.3 is 0 Å². The molecule has 7 nitrogen and oxygen atoms in total. The smallest absolute Gasteiger partial charge is 0.230 e. The van der Waals surface area contributed by atoms with Gasteiger partial charge in [-0.3, -0.25) is 4.79 Å². The fourth-order valence-electron chi connectivity index (χ4n) is 4.73. The summed E-state index contributed by atoms with van der Waals surface area (Å²) < 4.78 is 2.01. The van der Waals surface area contributed by atoms with Crippen LogP contribution in [0.25, 0.3) is 16.6 Å². The van der Waals surface area contributed by atoms with Crippen LogP contribution in [-0.4, -0.2) is 56.6 Å². The minimum absolute atomic E-state index is 0.106. The molecular formula is C25H27ClN6O. The van der Waals surface area contributed by atoms with Gasteiger partial charge in [-0.05, 0) is 43.5 Å². The molecule has 0 N–H and O–H groups in total. The molecule has 2 aromatic heterocycles. The van der Waals surface area contributed by atoms with Crippen LogP contribution in [-0.2, 0) is 4.79 Å². The molecule has 1 aliphatic rings. The van der Waals surface area contributed by atoms with Gasteiger partial charge in [0, 0.05) is 36.6 Å². The Morgan fingerprint density at radius 3 is 2.67 bits per heavy atom. The fourth-order valence-corrected chi connectivity index (χ4v) is 4.90. The minimum atomic E-state index is -0.106. The normalized spacial score (nSPS) is 15.7. The molecule has 2 aromatic carbocycles. The molecule has 1 saturated heterocycles. The van der Waals surface area contributed by atoms with E-state index in [1.54, 1.807) is 0 Å². The monoisotopic (exact) mass is 462 g/mol. The number of carbonyl (C=O) groups is 1. The highest BCUT2D eigenvalue weighted by Gasteiger charge is 2.27. The van der Waals surface area contributed by atoms with E-state index in [0.717, 1.165) is 59.8 Å². The SMILES string of the molecule is CC[C@@H](C(=O)N1CCCN(c2nc3cc(Cl)ccc3c3nnc(C)n23)CC1)c1ccccc1. The highest BCUT2D eigenvalue weighted by Crippen LogP contribution is 2.28. The first-order chi connectivity index (χ1) is 16.1. The summed E-state index contributed by atoms with van der Waals surface area (Å²) in [7, 11) is 0. The zero-order valence-electron chi connectivity index (χ0n) is 18.9. The molecule has 1 atom stereocenters. The third-order valence-electron chi connectivity index (χ3n) is 6.44. The molecule has 0 unspecified atom stereocenters. The zero-order chi connectivity index (χ0) is 22.9. The maximum Gasteiger partial charge on any atom is 0.230 e. The van der Waals surface area contributed by atoms with E-state index in [4.69, 9.17) is 16.6 Å². The van der Waals surface area contributed by atoms with E-state index in [0.29, 0.717) is 18.1 Å². The number of fused-ring (bicyclic) bond motifs is 3. The maximum absolute atomic E-state index is 13.4. The number of amides is 1.